The Bertz CT molecular complexity index is 968. The van der Waals surface area contributed by atoms with Crippen LogP contribution in [0.1, 0.15) is 35.8 Å². The topological polar surface area (TPSA) is 72.7 Å². The first-order valence-corrected chi connectivity index (χ1v) is 8.75. The highest BCUT2D eigenvalue weighted by Crippen LogP contribution is 2.13. The molecule has 3 rings (SSSR count). The van der Waals surface area contributed by atoms with Crippen molar-refractivity contribution in [3.05, 3.63) is 65.9 Å². The van der Waals surface area contributed by atoms with E-state index in [-0.39, 0.29) is 18.1 Å². The average Bonchev–Trinajstić information content (AvgIpc) is 3.03. The second-order valence-electron chi connectivity index (χ2n) is 6.14. The van der Waals surface area contributed by atoms with E-state index in [1.807, 2.05) is 6.92 Å². The summed E-state index contributed by atoms with van der Waals surface area (Å²) in [4.78, 5) is 28.5. The maximum Gasteiger partial charge on any atom is 0.338 e. The molecule has 7 heteroatoms. The lowest BCUT2D eigenvalue weighted by Crippen LogP contribution is -2.15. The molecular weight excluding hydrogens is 349 g/mol. The van der Waals surface area contributed by atoms with E-state index >= 15 is 0 Å². The van der Waals surface area contributed by atoms with E-state index in [9.17, 15) is 14.0 Å². The number of amides is 1. The number of fused-ring (bicyclic) bond motifs is 1. The zero-order valence-electron chi connectivity index (χ0n) is 14.9. The summed E-state index contributed by atoms with van der Waals surface area (Å²) in [6.07, 6.45) is 4.70. The molecule has 0 aliphatic rings. The maximum atomic E-state index is 13.2. The third-order valence-corrected chi connectivity index (χ3v) is 3.92. The van der Waals surface area contributed by atoms with Gasteiger partial charge in [-0.3, -0.25) is 4.79 Å². The van der Waals surface area contributed by atoms with Gasteiger partial charge in [0.15, 0.2) is 0 Å². The van der Waals surface area contributed by atoms with Gasteiger partial charge < -0.3 is 14.5 Å². The highest BCUT2D eigenvalue weighted by atomic mass is 19.1. The van der Waals surface area contributed by atoms with Crippen molar-refractivity contribution in [1.82, 2.24) is 9.38 Å². The lowest BCUT2D eigenvalue weighted by atomic mass is 10.2. The third kappa shape index (κ3) is 4.91. The summed E-state index contributed by atoms with van der Waals surface area (Å²) in [5, 5.41) is 2.74. The van der Waals surface area contributed by atoms with Crippen LogP contribution in [-0.2, 0) is 16.0 Å². The highest BCUT2D eigenvalue weighted by Gasteiger charge is 2.11. The van der Waals surface area contributed by atoms with Gasteiger partial charge in [0, 0.05) is 18.1 Å². The van der Waals surface area contributed by atoms with Crippen LogP contribution in [0.2, 0.25) is 0 Å². The summed E-state index contributed by atoms with van der Waals surface area (Å²) in [6, 6.07) is 9.45. The molecule has 0 saturated heterocycles. The Balaban J connectivity index is 1.63. The number of rotatable bonds is 7. The van der Waals surface area contributed by atoms with E-state index in [4.69, 9.17) is 4.74 Å². The van der Waals surface area contributed by atoms with Crippen LogP contribution in [0.4, 0.5) is 10.1 Å². The van der Waals surface area contributed by atoms with Crippen molar-refractivity contribution in [3.63, 3.8) is 0 Å². The molecule has 3 aromatic rings. The van der Waals surface area contributed by atoms with E-state index in [0.29, 0.717) is 29.2 Å². The van der Waals surface area contributed by atoms with E-state index in [1.54, 1.807) is 36.5 Å². The van der Waals surface area contributed by atoms with Crippen LogP contribution in [0.5, 0.6) is 0 Å². The Hall–Kier alpha value is -3.22. The lowest BCUT2D eigenvalue weighted by molar-refractivity contribution is -0.115. The normalized spacial score (nSPS) is 10.7. The number of anilines is 1. The number of unbranched alkanes of at least 4 members (excludes halogenated alkanes) is 1. The molecule has 0 atom stereocenters. The van der Waals surface area contributed by atoms with Gasteiger partial charge in [0.05, 0.1) is 24.3 Å². The van der Waals surface area contributed by atoms with Crippen LogP contribution in [-0.4, -0.2) is 27.9 Å². The van der Waals surface area contributed by atoms with Crippen molar-refractivity contribution in [1.29, 1.82) is 0 Å². The van der Waals surface area contributed by atoms with Gasteiger partial charge >= 0.3 is 5.97 Å². The molecule has 140 valence electrons. The summed E-state index contributed by atoms with van der Waals surface area (Å²) in [6.45, 7) is 2.39. The molecule has 1 N–H and O–H groups in total. The number of carbonyl (C=O) groups is 2. The van der Waals surface area contributed by atoms with E-state index < -0.39 is 5.97 Å². The van der Waals surface area contributed by atoms with Crippen molar-refractivity contribution in [2.24, 2.45) is 0 Å². The first kappa shape index (κ1) is 18.6. The quantitative estimate of drug-likeness (QED) is 0.510. The Morgan fingerprint density at radius 2 is 2.07 bits per heavy atom. The summed E-state index contributed by atoms with van der Waals surface area (Å²) in [5.74, 6) is -1.07. The Morgan fingerprint density at radius 3 is 2.89 bits per heavy atom. The standard InChI is InChI=1S/C20H20FN3O3/c1-2-3-9-27-20(26)14-5-4-6-16(10-14)23-19(25)11-17-13-24-12-15(21)7-8-18(24)22-17/h4-8,10,12-13H,2-3,9,11H2,1H3,(H,23,25). The molecule has 1 amide bonds. The number of esters is 1. The third-order valence-electron chi connectivity index (χ3n) is 3.92. The molecular formula is C20H20FN3O3. The Labute approximate surface area is 156 Å². The number of nitrogens with zero attached hydrogens (tertiary/aromatic N) is 2. The molecule has 0 saturated carbocycles. The van der Waals surface area contributed by atoms with Gasteiger partial charge in [0.25, 0.3) is 0 Å². The van der Waals surface area contributed by atoms with E-state index in [1.165, 1.54) is 16.7 Å². The monoisotopic (exact) mass is 369 g/mol. The van der Waals surface area contributed by atoms with Crippen LogP contribution in [0.3, 0.4) is 0 Å². The summed E-state index contributed by atoms with van der Waals surface area (Å²) in [5.41, 5.74) is 1.97. The molecule has 27 heavy (non-hydrogen) atoms. The first-order valence-electron chi connectivity index (χ1n) is 8.75. The molecule has 1 aromatic carbocycles. The van der Waals surface area contributed by atoms with Gasteiger partial charge in [0.2, 0.25) is 5.91 Å². The number of halogens is 1. The van der Waals surface area contributed by atoms with Crippen LogP contribution < -0.4 is 5.32 Å². The van der Waals surface area contributed by atoms with Crippen molar-refractivity contribution in [2.45, 2.75) is 26.2 Å². The number of aromatic nitrogens is 2. The largest absolute Gasteiger partial charge is 0.462 e. The fourth-order valence-electron chi connectivity index (χ4n) is 2.59. The SMILES string of the molecule is CCCCOC(=O)c1cccc(NC(=O)Cc2cn3cc(F)ccc3n2)c1. The number of nitrogens with one attached hydrogen (secondary N) is 1. The van der Waals surface area contributed by atoms with Crippen LogP contribution in [0.25, 0.3) is 5.65 Å². The number of benzene rings is 1. The number of imidazole rings is 1. The molecule has 0 radical (unpaired) electrons. The summed E-state index contributed by atoms with van der Waals surface area (Å²) < 4.78 is 19.9. The van der Waals surface area contributed by atoms with Crippen molar-refractivity contribution < 1.29 is 18.7 Å². The Kier molecular flexibility index (Phi) is 5.80. The second-order valence-corrected chi connectivity index (χ2v) is 6.14. The van der Waals surface area contributed by atoms with Crippen LogP contribution in [0, 0.1) is 5.82 Å². The number of hydrogen-bond acceptors (Lipinski definition) is 4. The minimum atomic E-state index is -0.415. The molecule has 0 aliphatic heterocycles. The number of carbonyl (C=O) groups excluding carboxylic acids is 2. The zero-order valence-corrected chi connectivity index (χ0v) is 14.9. The van der Waals surface area contributed by atoms with Crippen LogP contribution >= 0.6 is 0 Å². The smallest absolute Gasteiger partial charge is 0.338 e. The fourth-order valence-corrected chi connectivity index (χ4v) is 2.59. The maximum absolute atomic E-state index is 13.2. The molecule has 6 nitrogen and oxygen atoms in total. The van der Waals surface area contributed by atoms with Gasteiger partial charge in [-0.25, -0.2) is 14.2 Å². The van der Waals surface area contributed by atoms with Crippen molar-refractivity contribution in [2.75, 3.05) is 11.9 Å². The van der Waals surface area contributed by atoms with Crippen LogP contribution in [0.15, 0.2) is 48.8 Å². The molecule has 0 unspecified atom stereocenters. The highest BCUT2D eigenvalue weighted by molar-refractivity contribution is 5.95. The number of ether oxygens (including phenoxy) is 1. The molecule has 0 spiro atoms. The minimum Gasteiger partial charge on any atom is -0.462 e. The van der Waals surface area contributed by atoms with Gasteiger partial charge in [-0.2, -0.15) is 0 Å². The number of hydrogen-bond donors (Lipinski definition) is 1. The molecule has 0 aliphatic carbocycles. The van der Waals surface area contributed by atoms with Crippen molar-refractivity contribution >= 4 is 23.2 Å². The van der Waals surface area contributed by atoms with Gasteiger partial charge in [-0.1, -0.05) is 19.4 Å². The molecule has 2 heterocycles. The second kappa shape index (κ2) is 8.44. The fraction of sp³-hybridized carbons (Fsp3) is 0.250. The predicted molar refractivity (Wildman–Crippen MR) is 99.1 cm³/mol. The molecule has 0 fully saturated rings. The summed E-state index contributed by atoms with van der Waals surface area (Å²) >= 11 is 0. The van der Waals surface area contributed by atoms with E-state index in [2.05, 4.69) is 10.3 Å². The Morgan fingerprint density at radius 1 is 1.22 bits per heavy atom. The molecule has 0 bridgehead atoms. The molecule has 2 aromatic heterocycles. The first-order chi connectivity index (χ1) is 13.0. The van der Waals surface area contributed by atoms with Gasteiger partial charge in [-0.15, -0.1) is 0 Å². The van der Waals surface area contributed by atoms with Gasteiger partial charge in [0.1, 0.15) is 11.5 Å². The zero-order chi connectivity index (χ0) is 19.2. The van der Waals surface area contributed by atoms with Crippen molar-refractivity contribution in [3.8, 4) is 0 Å². The van der Waals surface area contributed by atoms with Gasteiger partial charge in [-0.05, 0) is 36.8 Å². The predicted octanol–water partition coefficient (Wildman–Crippen LogP) is 3.61. The average molecular weight is 369 g/mol. The lowest BCUT2D eigenvalue weighted by Gasteiger charge is -2.07. The number of pyridine rings is 1. The summed E-state index contributed by atoms with van der Waals surface area (Å²) in [7, 11) is 0. The van der Waals surface area contributed by atoms with E-state index in [0.717, 1.165) is 12.8 Å². The minimum absolute atomic E-state index is 0.0362.